The van der Waals surface area contributed by atoms with Crippen LogP contribution in [0.4, 0.5) is 45.2 Å². The standard InChI is InChI=1S/C11H5ClF9NO/c12-5-1-3-6(4-2-5)22-7(23)8(13,14)9(15,16)10(17,18)11(19,20)21/h1-4H,(H,22,23). The lowest BCUT2D eigenvalue weighted by Crippen LogP contribution is -2.64. The molecule has 0 atom stereocenters. The highest BCUT2D eigenvalue weighted by Gasteiger charge is 2.83. The van der Waals surface area contributed by atoms with Crippen molar-refractivity contribution in [3.63, 3.8) is 0 Å². The summed E-state index contributed by atoms with van der Waals surface area (Å²) < 4.78 is 113. The summed E-state index contributed by atoms with van der Waals surface area (Å²) in [6.45, 7) is 0. The number of hydrogen-bond acceptors (Lipinski definition) is 1. The van der Waals surface area contributed by atoms with Crippen molar-refractivity contribution in [2.45, 2.75) is 23.9 Å². The molecule has 1 aromatic carbocycles. The van der Waals surface area contributed by atoms with Crippen LogP contribution in [0.1, 0.15) is 0 Å². The van der Waals surface area contributed by atoms with Crippen LogP contribution in [0.25, 0.3) is 0 Å². The minimum atomic E-state index is -7.12. The molecule has 0 unspecified atom stereocenters. The van der Waals surface area contributed by atoms with E-state index in [-0.39, 0.29) is 5.02 Å². The van der Waals surface area contributed by atoms with E-state index in [1.807, 2.05) is 0 Å². The Balaban J connectivity index is 3.13. The Morgan fingerprint density at radius 1 is 0.826 bits per heavy atom. The molecular weight excluding hydrogens is 369 g/mol. The zero-order chi connectivity index (χ0) is 18.3. The second kappa shape index (κ2) is 5.77. The summed E-state index contributed by atoms with van der Waals surface area (Å²) in [6.07, 6.45) is -6.99. The van der Waals surface area contributed by atoms with Gasteiger partial charge >= 0.3 is 29.9 Å². The van der Waals surface area contributed by atoms with E-state index in [9.17, 15) is 44.3 Å². The molecule has 0 saturated carbocycles. The Labute approximate surface area is 127 Å². The Bertz CT molecular complexity index is 582. The minimum absolute atomic E-state index is 0.0590. The van der Waals surface area contributed by atoms with E-state index in [1.54, 1.807) is 0 Å². The maximum absolute atomic E-state index is 13.2. The first-order valence-electron chi connectivity index (χ1n) is 5.42. The van der Waals surface area contributed by atoms with E-state index < -0.39 is 35.5 Å². The lowest BCUT2D eigenvalue weighted by Gasteiger charge is -2.32. The predicted octanol–water partition coefficient (Wildman–Crippen LogP) is 4.75. The highest BCUT2D eigenvalue weighted by atomic mass is 35.5. The second-order valence-corrected chi connectivity index (χ2v) is 4.62. The van der Waals surface area contributed by atoms with Crippen LogP contribution in [0.2, 0.25) is 5.02 Å². The number of anilines is 1. The van der Waals surface area contributed by atoms with E-state index in [0.29, 0.717) is 0 Å². The van der Waals surface area contributed by atoms with Crippen LogP contribution in [0.5, 0.6) is 0 Å². The van der Waals surface area contributed by atoms with Gasteiger partial charge in [0.05, 0.1) is 0 Å². The molecule has 0 bridgehead atoms. The molecule has 12 heteroatoms. The van der Waals surface area contributed by atoms with Crippen molar-refractivity contribution in [1.82, 2.24) is 0 Å². The molecule has 0 radical (unpaired) electrons. The smallest absolute Gasteiger partial charge is 0.321 e. The SMILES string of the molecule is O=C(Nc1ccc(Cl)cc1)C(F)(F)C(F)(F)C(F)(F)C(F)(F)F. The molecular formula is C11H5ClF9NO. The van der Waals surface area contributed by atoms with Gasteiger partial charge in [0, 0.05) is 10.7 Å². The predicted molar refractivity (Wildman–Crippen MR) is 61.0 cm³/mol. The largest absolute Gasteiger partial charge is 0.460 e. The van der Waals surface area contributed by atoms with Crippen molar-refractivity contribution in [3.05, 3.63) is 29.3 Å². The molecule has 0 aliphatic rings. The van der Waals surface area contributed by atoms with Crippen LogP contribution >= 0.6 is 11.6 Å². The summed E-state index contributed by atoms with van der Waals surface area (Å²) in [7, 11) is 0. The van der Waals surface area contributed by atoms with Gasteiger partial charge in [0.2, 0.25) is 0 Å². The maximum Gasteiger partial charge on any atom is 0.460 e. The summed E-state index contributed by atoms with van der Waals surface area (Å²) in [6, 6.07) is 3.74. The molecule has 0 fully saturated rings. The number of nitrogens with one attached hydrogen (secondary N) is 1. The van der Waals surface area contributed by atoms with Crippen LogP contribution in [0.3, 0.4) is 0 Å². The Kier molecular flexibility index (Phi) is 4.86. The van der Waals surface area contributed by atoms with Gasteiger partial charge in [0.1, 0.15) is 0 Å². The van der Waals surface area contributed by atoms with Crippen LogP contribution in [-0.4, -0.2) is 29.9 Å². The van der Waals surface area contributed by atoms with E-state index in [4.69, 9.17) is 11.6 Å². The monoisotopic (exact) mass is 373 g/mol. The van der Waals surface area contributed by atoms with Gasteiger partial charge in [0.25, 0.3) is 0 Å². The molecule has 1 aromatic rings. The molecule has 23 heavy (non-hydrogen) atoms. The fraction of sp³-hybridized carbons (Fsp3) is 0.364. The average molecular weight is 374 g/mol. The van der Waals surface area contributed by atoms with Crippen LogP contribution in [0.15, 0.2) is 24.3 Å². The number of alkyl halides is 9. The zero-order valence-electron chi connectivity index (χ0n) is 10.5. The Morgan fingerprint density at radius 2 is 1.26 bits per heavy atom. The molecule has 1 N–H and O–H groups in total. The van der Waals surface area contributed by atoms with Crippen molar-refractivity contribution in [2.75, 3.05) is 5.32 Å². The third kappa shape index (κ3) is 3.33. The highest BCUT2D eigenvalue weighted by molar-refractivity contribution is 6.30. The quantitative estimate of drug-likeness (QED) is 0.759. The Hall–Kier alpha value is -1.65. The molecule has 0 spiro atoms. The van der Waals surface area contributed by atoms with E-state index in [0.717, 1.165) is 29.6 Å². The first-order valence-corrected chi connectivity index (χ1v) is 5.79. The topological polar surface area (TPSA) is 29.1 Å². The number of rotatable bonds is 4. The van der Waals surface area contributed by atoms with Gasteiger partial charge in [-0.1, -0.05) is 11.6 Å². The van der Waals surface area contributed by atoms with Crippen LogP contribution in [0, 0.1) is 0 Å². The molecule has 0 aliphatic heterocycles. The maximum atomic E-state index is 13.2. The highest BCUT2D eigenvalue weighted by Crippen LogP contribution is 2.53. The molecule has 130 valence electrons. The lowest BCUT2D eigenvalue weighted by molar-refractivity contribution is -0.388. The molecule has 0 heterocycles. The first-order chi connectivity index (χ1) is 10.1. The Morgan fingerprint density at radius 3 is 1.65 bits per heavy atom. The van der Waals surface area contributed by atoms with Gasteiger partial charge in [-0.2, -0.15) is 39.5 Å². The van der Waals surface area contributed by atoms with Crippen molar-refractivity contribution >= 4 is 23.2 Å². The number of benzene rings is 1. The van der Waals surface area contributed by atoms with E-state index in [1.165, 1.54) is 0 Å². The molecule has 1 amide bonds. The van der Waals surface area contributed by atoms with Gasteiger partial charge in [-0.05, 0) is 24.3 Å². The van der Waals surface area contributed by atoms with Crippen molar-refractivity contribution in [2.24, 2.45) is 0 Å². The van der Waals surface area contributed by atoms with Crippen LogP contribution in [-0.2, 0) is 4.79 Å². The van der Waals surface area contributed by atoms with Crippen molar-refractivity contribution < 1.29 is 44.3 Å². The van der Waals surface area contributed by atoms with Crippen molar-refractivity contribution in [1.29, 1.82) is 0 Å². The van der Waals surface area contributed by atoms with Gasteiger partial charge in [-0.15, -0.1) is 0 Å². The molecule has 2 nitrogen and oxygen atoms in total. The minimum Gasteiger partial charge on any atom is -0.321 e. The summed E-state index contributed by atoms with van der Waals surface area (Å²) >= 11 is 5.42. The average Bonchev–Trinajstić information content (AvgIpc) is 2.39. The first kappa shape index (κ1) is 19.4. The second-order valence-electron chi connectivity index (χ2n) is 4.18. The lowest BCUT2D eigenvalue weighted by atomic mass is 10.0. The fourth-order valence-corrected chi connectivity index (χ4v) is 1.39. The molecule has 0 saturated heterocycles. The number of hydrogen-bond donors (Lipinski definition) is 1. The third-order valence-electron chi connectivity index (χ3n) is 2.53. The number of amides is 1. The van der Waals surface area contributed by atoms with E-state index >= 15 is 0 Å². The normalized spacial score (nSPS) is 13.8. The van der Waals surface area contributed by atoms with Crippen molar-refractivity contribution in [3.8, 4) is 0 Å². The summed E-state index contributed by atoms with van der Waals surface area (Å²) in [5.41, 5.74) is -0.565. The van der Waals surface area contributed by atoms with Gasteiger partial charge in [0.15, 0.2) is 0 Å². The number of carbonyl (C=O) groups is 1. The third-order valence-corrected chi connectivity index (χ3v) is 2.78. The van der Waals surface area contributed by atoms with Gasteiger partial charge < -0.3 is 5.32 Å². The molecule has 0 aromatic heterocycles. The van der Waals surface area contributed by atoms with E-state index in [2.05, 4.69) is 0 Å². The number of carbonyl (C=O) groups excluding carboxylic acids is 1. The van der Waals surface area contributed by atoms with Crippen LogP contribution < -0.4 is 5.32 Å². The summed E-state index contributed by atoms with van der Waals surface area (Å²) in [5.74, 6) is -23.5. The summed E-state index contributed by atoms with van der Waals surface area (Å²) in [4.78, 5) is 11.1. The molecule has 1 rings (SSSR count). The van der Waals surface area contributed by atoms with Gasteiger partial charge in [-0.25, -0.2) is 0 Å². The molecule has 0 aliphatic carbocycles. The van der Waals surface area contributed by atoms with Gasteiger partial charge in [-0.3, -0.25) is 4.79 Å². The summed E-state index contributed by atoms with van der Waals surface area (Å²) in [5, 5.41) is 1.17. The number of halogens is 10. The fourth-order valence-electron chi connectivity index (χ4n) is 1.26. The zero-order valence-corrected chi connectivity index (χ0v) is 11.3.